The molecule has 0 heterocycles. The molecule has 0 bridgehead atoms. The van der Waals surface area contributed by atoms with Crippen molar-refractivity contribution in [2.75, 3.05) is 40.3 Å². The summed E-state index contributed by atoms with van der Waals surface area (Å²) in [5, 5.41) is 9.11. The number of carbonyl (C=O) groups excluding carboxylic acids is 1. The fraction of sp³-hybridized carbons (Fsp3) is 0.875. The molecule has 1 unspecified atom stereocenters. The third-order valence-corrected chi connectivity index (χ3v) is 3.41. The molecule has 0 aromatic carbocycles. The summed E-state index contributed by atoms with van der Waals surface area (Å²) in [6.45, 7) is 12.8. The van der Waals surface area contributed by atoms with Gasteiger partial charge in [0.05, 0.1) is 0 Å². The number of nitrogens with one attached hydrogen (secondary N) is 3. The predicted octanol–water partition coefficient (Wildman–Crippen LogP) is 1.41. The zero-order chi connectivity index (χ0) is 17.9. The molecule has 1 atom stereocenters. The number of carbonyl (C=O) groups is 1. The lowest BCUT2D eigenvalue weighted by molar-refractivity contribution is 0.0529. The van der Waals surface area contributed by atoms with Crippen molar-refractivity contribution in [2.24, 2.45) is 4.99 Å². The van der Waals surface area contributed by atoms with Gasteiger partial charge in [0.25, 0.3) is 0 Å². The summed E-state index contributed by atoms with van der Waals surface area (Å²) in [5.74, 6) is 0.730. The first-order valence-electron chi connectivity index (χ1n) is 8.31. The highest BCUT2D eigenvalue weighted by Gasteiger charge is 2.15. The number of hydrogen-bond acceptors (Lipinski definition) is 4. The fourth-order valence-electron chi connectivity index (χ4n) is 1.76. The maximum atomic E-state index is 11.5. The monoisotopic (exact) mass is 329 g/mol. The molecule has 0 aliphatic heterocycles. The minimum atomic E-state index is -0.475. The largest absolute Gasteiger partial charge is 0.444 e. The van der Waals surface area contributed by atoms with Crippen LogP contribution in [0.3, 0.4) is 0 Å². The van der Waals surface area contributed by atoms with Crippen LogP contribution in [0.4, 0.5) is 4.79 Å². The second-order valence-electron chi connectivity index (χ2n) is 6.59. The van der Waals surface area contributed by atoms with Crippen molar-refractivity contribution in [3.05, 3.63) is 0 Å². The van der Waals surface area contributed by atoms with E-state index >= 15 is 0 Å². The van der Waals surface area contributed by atoms with Crippen LogP contribution < -0.4 is 16.0 Å². The maximum Gasteiger partial charge on any atom is 0.407 e. The first-order chi connectivity index (χ1) is 10.7. The average molecular weight is 329 g/mol. The van der Waals surface area contributed by atoms with E-state index in [1.165, 1.54) is 0 Å². The summed E-state index contributed by atoms with van der Waals surface area (Å²) in [7, 11) is 3.85. The van der Waals surface area contributed by atoms with Crippen molar-refractivity contribution in [1.29, 1.82) is 0 Å². The van der Waals surface area contributed by atoms with Gasteiger partial charge in [-0.05, 0) is 41.2 Å². The molecule has 0 saturated carbocycles. The molecule has 3 N–H and O–H groups in total. The summed E-state index contributed by atoms with van der Waals surface area (Å²) in [5.41, 5.74) is -0.475. The van der Waals surface area contributed by atoms with Gasteiger partial charge < -0.3 is 25.6 Å². The van der Waals surface area contributed by atoms with Crippen LogP contribution in [0, 0.1) is 0 Å². The van der Waals surface area contributed by atoms with Crippen molar-refractivity contribution in [2.45, 2.75) is 52.7 Å². The highest BCUT2D eigenvalue weighted by atomic mass is 16.6. The van der Waals surface area contributed by atoms with E-state index in [4.69, 9.17) is 4.74 Å². The molecule has 0 radical (unpaired) electrons. The number of hydrogen-bond donors (Lipinski definition) is 3. The first-order valence-corrected chi connectivity index (χ1v) is 8.31. The third kappa shape index (κ3) is 11.7. The standard InChI is InChI=1S/C16H35N5O2/c1-8-13(2)21(7)12-11-19-14(17-6)18-9-10-20-15(22)23-16(3,4)5/h13H,8-12H2,1-7H3,(H,20,22)(H2,17,18,19). The number of rotatable bonds is 8. The Bertz CT molecular complexity index is 366. The highest BCUT2D eigenvalue weighted by Crippen LogP contribution is 2.05. The maximum absolute atomic E-state index is 11.5. The van der Waals surface area contributed by atoms with Crippen LogP contribution in [-0.2, 0) is 4.74 Å². The molecule has 7 heteroatoms. The number of ether oxygens (including phenoxy) is 1. The van der Waals surface area contributed by atoms with E-state index in [0.29, 0.717) is 19.1 Å². The second-order valence-corrected chi connectivity index (χ2v) is 6.59. The van der Waals surface area contributed by atoms with Crippen molar-refractivity contribution in [3.8, 4) is 0 Å². The van der Waals surface area contributed by atoms with Gasteiger partial charge in [-0.1, -0.05) is 6.92 Å². The van der Waals surface area contributed by atoms with Crippen LogP contribution in [-0.4, -0.2) is 68.9 Å². The van der Waals surface area contributed by atoms with Crippen molar-refractivity contribution >= 4 is 12.1 Å². The normalized spacial score (nSPS) is 13.7. The minimum absolute atomic E-state index is 0.405. The van der Waals surface area contributed by atoms with Crippen molar-refractivity contribution in [3.63, 3.8) is 0 Å². The fourth-order valence-corrected chi connectivity index (χ4v) is 1.76. The van der Waals surface area contributed by atoms with E-state index in [2.05, 4.69) is 46.7 Å². The summed E-state index contributed by atoms with van der Waals surface area (Å²) in [6, 6.07) is 0.574. The van der Waals surface area contributed by atoms with Gasteiger partial charge in [0, 0.05) is 39.3 Å². The Balaban J connectivity index is 3.85. The minimum Gasteiger partial charge on any atom is -0.444 e. The van der Waals surface area contributed by atoms with E-state index in [1.807, 2.05) is 20.8 Å². The van der Waals surface area contributed by atoms with Crippen LogP contribution in [0.15, 0.2) is 4.99 Å². The van der Waals surface area contributed by atoms with Gasteiger partial charge in [-0.15, -0.1) is 0 Å². The number of amides is 1. The van der Waals surface area contributed by atoms with Gasteiger partial charge in [0.1, 0.15) is 5.60 Å². The molecule has 0 fully saturated rings. The summed E-state index contributed by atoms with van der Waals surface area (Å²) in [4.78, 5) is 18.0. The number of aliphatic imine (C=N–C) groups is 1. The smallest absolute Gasteiger partial charge is 0.407 e. The van der Waals surface area contributed by atoms with Gasteiger partial charge in [-0.3, -0.25) is 4.99 Å². The molecule has 0 aromatic rings. The van der Waals surface area contributed by atoms with Crippen molar-refractivity contribution in [1.82, 2.24) is 20.9 Å². The average Bonchev–Trinajstić information content (AvgIpc) is 2.46. The second kappa shape index (κ2) is 11.1. The van der Waals surface area contributed by atoms with Gasteiger partial charge >= 0.3 is 6.09 Å². The Morgan fingerprint density at radius 1 is 1.17 bits per heavy atom. The number of guanidine groups is 1. The number of likely N-dealkylation sites (N-methyl/N-ethyl adjacent to an activating group) is 1. The van der Waals surface area contributed by atoms with E-state index in [-0.39, 0.29) is 0 Å². The molecule has 0 aliphatic carbocycles. The molecule has 0 aliphatic rings. The molecule has 136 valence electrons. The van der Waals surface area contributed by atoms with Crippen molar-refractivity contribution < 1.29 is 9.53 Å². The molecule has 7 nitrogen and oxygen atoms in total. The number of nitrogens with zero attached hydrogens (tertiary/aromatic N) is 2. The Morgan fingerprint density at radius 3 is 2.26 bits per heavy atom. The van der Waals surface area contributed by atoms with Crippen LogP contribution in [0.5, 0.6) is 0 Å². The van der Waals surface area contributed by atoms with E-state index < -0.39 is 11.7 Å². The molecular formula is C16H35N5O2. The Morgan fingerprint density at radius 2 is 1.74 bits per heavy atom. The summed E-state index contributed by atoms with van der Waals surface area (Å²) < 4.78 is 5.17. The van der Waals surface area contributed by atoms with E-state index in [0.717, 1.165) is 25.5 Å². The van der Waals surface area contributed by atoms with Crippen LogP contribution in [0.25, 0.3) is 0 Å². The van der Waals surface area contributed by atoms with Gasteiger partial charge in [-0.25, -0.2) is 4.79 Å². The lowest BCUT2D eigenvalue weighted by Gasteiger charge is -2.24. The zero-order valence-corrected chi connectivity index (χ0v) is 15.8. The lowest BCUT2D eigenvalue weighted by Crippen LogP contribution is -2.45. The van der Waals surface area contributed by atoms with Gasteiger partial charge in [0.15, 0.2) is 5.96 Å². The lowest BCUT2D eigenvalue weighted by atomic mass is 10.2. The highest BCUT2D eigenvalue weighted by molar-refractivity contribution is 5.79. The molecule has 1 amide bonds. The Labute approximate surface area is 141 Å². The van der Waals surface area contributed by atoms with Crippen LogP contribution in [0.2, 0.25) is 0 Å². The molecule has 0 rings (SSSR count). The van der Waals surface area contributed by atoms with Crippen LogP contribution >= 0.6 is 0 Å². The molecule has 0 saturated heterocycles. The Hall–Kier alpha value is -1.50. The summed E-state index contributed by atoms with van der Waals surface area (Å²) >= 11 is 0. The third-order valence-electron chi connectivity index (χ3n) is 3.41. The van der Waals surface area contributed by atoms with E-state index in [1.54, 1.807) is 7.05 Å². The molecule has 0 spiro atoms. The topological polar surface area (TPSA) is 78.0 Å². The first kappa shape index (κ1) is 21.5. The molecule has 0 aromatic heterocycles. The quantitative estimate of drug-likeness (QED) is 0.356. The zero-order valence-electron chi connectivity index (χ0n) is 15.8. The molecule has 23 heavy (non-hydrogen) atoms. The van der Waals surface area contributed by atoms with Gasteiger partial charge in [-0.2, -0.15) is 0 Å². The summed E-state index contributed by atoms with van der Waals surface area (Å²) in [6.07, 6.45) is 0.734. The van der Waals surface area contributed by atoms with E-state index in [9.17, 15) is 4.79 Å². The van der Waals surface area contributed by atoms with Gasteiger partial charge in [0.2, 0.25) is 0 Å². The predicted molar refractivity (Wildman–Crippen MR) is 96.0 cm³/mol. The number of alkyl carbamates (subject to hydrolysis) is 1. The SMILES string of the molecule is CCC(C)N(C)CCNC(=NC)NCCNC(=O)OC(C)(C)C. The van der Waals surface area contributed by atoms with Crippen LogP contribution in [0.1, 0.15) is 41.0 Å². The molecular weight excluding hydrogens is 294 g/mol. The Kier molecular flexibility index (Phi) is 10.4.